The Kier molecular flexibility index (Phi) is 3.03. The van der Waals surface area contributed by atoms with E-state index in [9.17, 15) is 9.90 Å². The number of aromatic carboxylic acids is 1. The van der Waals surface area contributed by atoms with Gasteiger partial charge in [0.05, 0.1) is 0 Å². The smallest absolute Gasteiger partial charge is 0.352 e. The number of nitrogens with zero attached hydrogens (tertiary/aromatic N) is 1. The number of carboxylic acid groups (broad SMARTS) is 1. The summed E-state index contributed by atoms with van der Waals surface area (Å²) in [7, 11) is 0. The Hall–Kier alpha value is -1.45. The Labute approximate surface area is 120 Å². The van der Waals surface area contributed by atoms with Gasteiger partial charge in [0.1, 0.15) is 5.69 Å². The molecule has 3 rings (SSSR count). The lowest BCUT2D eigenvalue weighted by atomic mass is 10.1. The van der Waals surface area contributed by atoms with Gasteiger partial charge in [-0.15, -0.1) is 0 Å². The van der Waals surface area contributed by atoms with E-state index >= 15 is 0 Å². The lowest BCUT2D eigenvalue weighted by Crippen LogP contribution is -2.08. The van der Waals surface area contributed by atoms with Crippen molar-refractivity contribution in [1.82, 2.24) is 4.57 Å². The van der Waals surface area contributed by atoms with Crippen LogP contribution in [0.2, 0.25) is 10.0 Å². The van der Waals surface area contributed by atoms with E-state index in [1.165, 1.54) is 0 Å². The summed E-state index contributed by atoms with van der Waals surface area (Å²) < 4.78 is 1.87. The van der Waals surface area contributed by atoms with Crippen molar-refractivity contribution in [3.8, 4) is 11.3 Å². The molecule has 0 spiro atoms. The average molecular weight is 296 g/mol. The minimum absolute atomic E-state index is 0.272. The van der Waals surface area contributed by atoms with Gasteiger partial charge in [0.25, 0.3) is 0 Å². The van der Waals surface area contributed by atoms with Crippen LogP contribution < -0.4 is 0 Å². The van der Waals surface area contributed by atoms with E-state index in [0.29, 0.717) is 15.7 Å². The Morgan fingerprint density at radius 1 is 1.16 bits per heavy atom. The average Bonchev–Trinajstić information content (AvgIpc) is 3.06. The molecule has 0 saturated heterocycles. The summed E-state index contributed by atoms with van der Waals surface area (Å²) in [6.45, 7) is 0. The third-order valence-electron chi connectivity index (χ3n) is 3.21. The highest BCUT2D eigenvalue weighted by Gasteiger charge is 2.30. The first kappa shape index (κ1) is 12.6. The Bertz CT molecular complexity index is 639. The summed E-state index contributed by atoms with van der Waals surface area (Å²) in [6.07, 6.45) is 2.02. The first-order valence-corrected chi connectivity index (χ1v) is 6.73. The van der Waals surface area contributed by atoms with Gasteiger partial charge in [0, 0.05) is 27.3 Å². The SMILES string of the molecule is O=C(O)c1ccc(-c2cc(Cl)cc(Cl)c2)n1C1CC1. The topological polar surface area (TPSA) is 42.2 Å². The molecule has 0 aliphatic heterocycles. The highest BCUT2D eigenvalue weighted by molar-refractivity contribution is 6.35. The maximum atomic E-state index is 11.3. The minimum atomic E-state index is -0.911. The van der Waals surface area contributed by atoms with Crippen LogP contribution in [0.5, 0.6) is 0 Å². The fraction of sp³-hybridized carbons (Fsp3) is 0.214. The van der Waals surface area contributed by atoms with Crippen molar-refractivity contribution in [2.45, 2.75) is 18.9 Å². The van der Waals surface area contributed by atoms with E-state index in [0.717, 1.165) is 24.1 Å². The van der Waals surface area contributed by atoms with Gasteiger partial charge in [-0.25, -0.2) is 4.79 Å². The summed E-state index contributed by atoms with van der Waals surface area (Å²) in [5, 5.41) is 10.3. The lowest BCUT2D eigenvalue weighted by molar-refractivity contribution is 0.0685. The summed E-state index contributed by atoms with van der Waals surface area (Å²) in [4.78, 5) is 11.3. The van der Waals surface area contributed by atoms with E-state index in [1.807, 2.05) is 10.6 Å². The van der Waals surface area contributed by atoms with Crippen molar-refractivity contribution in [2.75, 3.05) is 0 Å². The number of carboxylic acids is 1. The molecule has 0 amide bonds. The largest absolute Gasteiger partial charge is 0.477 e. The van der Waals surface area contributed by atoms with Crippen LogP contribution in [-0.2, 0) is 0 Å². The number of aromatic nitrogens is 1. The quantitative estimate of drug-likeness (QED) is 0.906. The zero-order valence-corrected chi connectivity index (χ0v) is 11.4. The summed E-state index contributed by atoms with van der Waals surface area (Å²) in [5.41, 5.74) is 2.01. The number of carbonyl (C=O) groups is 1. The van der Waals surface area contributed by atoms with Crippen molar-refractivity contribution in [2.24, 2.45) is 0 Å². The highest BCUT2D eigenvalue weighted by atomic mass is 35.5. The van der Waals surface area contributed by atoms with Crippen LogP contribution in [-0.4, -0.2) is 15.6 Å². The van der Waals surface area contributed by atoms with Crippen LogP contribution in [0.15, 0.2) is 30.3 Å². The van der Waals surface area contributed by atoms with Gasteiger partial charge >= 0.3 is 5.97 Å². The van der Waals surface area contributed by atoms with E-state index < -0.39 is 5.97 Å². The van der Waals surface area contributed by atoms with Crippen molar-refractivity contribution >= 4 is 29.2 Å². The molecular formula is C14H11Cl2NO2. The Balaban J connectivity index is 2.16. The van der Waals surface area contributed by atoms with Gasteiger partial charge in [-0.05, 0) is 43.2 Å². The predicted octanol–water partition coefficient (Wildman–Crippen LogP) is 4.50. The third kappa shape index (κ3) is 2.36. The number of benzene rings is 1. The normalized spacial score (nSPS) is 14.6. The molecule has 1 aromatic heterocycles. The van der Waals surface area contributed by atoms with Crippen molar-refractivity contribution in [1.29, 1.82) is 0 Å². The molecule has 1 heterocycles. The fourth-order valence-electron chi connectivity index (χ4n) is 2.29. The molecule has 98 valence electrons. The molecule has 0 bridgehead atoms. The van der Waals surface area contributed by atoms with E-state index in [-0.39, 0.29) is 6.04 Å². The Morgan fingerprint density at radius 2 is 1.79 bits per heavy atom. The maximum absolute atomic E-state index is 11.3. The standard InChI is InChI=1S/C14H11Cl2NO2/c15-9-5-8(6-10(16)7-9)12-3-4-13(14(18)19)17(12)11-1-2-11/h3-7,11H,1-2H2,(H,18,19). The molecule has 1 fully saturated rings. The van der Waals surface area contributed by atoms with Gasteiger partial charge in [-0.1, -0.05) is 23.2 Å². The second kappa shape index (κ2) is 4.58. The first-order chi connectivity index (χ1) is 9.06. The molecule has 0 atom stereocenters. The minimum Gasteiger partial charge on any atom is -0.477 e. The summed E-state index contributed by atoms with van der Waals surface area (Å²) in [5.74, 6) is -0.911. The molecule has 0 unspecified atom stereocenters. The van der Waals surface area contributed by atoms with Gasteiger partial charge in [0.15, 0.2) is 0 Å². The Morgan fingerprint density at radius 3 is 2.32 bits per heavy atom. The lowest BCUT2D eigenvalue weighted by Gasteiger charge is -2.11. The number of hydrogen-bond acceptors (Lipinski definition) is 1. The van der Waals surface area contributed by atoms with Crippen molar-refractivity contribution < 1.29 is 9.90 Å². The van der Waals surface area contributed by atoms with Crippen LogP contribution in [0, 0.1) is 0 Å². The highest BCUT2D eigenvalue weighted by Crippen LogP contribution is 2.41. The van der Waals surface area contributed by atoms with Crippen LogP contribution in [0.25, 0.3) is 11.3 Å². The summed E-state index contributed by atoms with van der Waals surface area (Å²) >= 11 is 12.0. The maximum Gasteiger partial charge on any atom is 0.352 e. The molecular weight excluding hydrogens is 285 g/mol. The second-order valence-electron chi connectivity index (χ2n) is 4.67. The molecule has 2 aromatic rings. The van der Waals surface area contributed by atoms with Gasteiger partial charge in [0.2, 0.25) is 0 Å². The molecule has 1 aliphatic carbocycles. The molecule has 1 saturated carbocycles. The third-order valence-corrected chi connectivity index (χ3v) is 3.64. The molecule has 19 heavy (non-hydrogen) atoms. The van der Waals surface area contributed by atoms with Gasteiger partial charge in [-0.3, -0.25) is 0 Å². The van der Waals surface area contributed by atoms with Crippen molar-refractivity contribution in [3.05, 3.63) is 46.1 Å². The first-order valence-electron chi connectivity index (χ1n) is 5.97. The van der Waals surface area contributed by atoms with Crippen LogP contribution in [0.3, 0.4) is 0 Å². The molecule has 5 heteroatoms. The molecule has 1 aromatic carbocycles. The van der Waals surface area contributed by atoms with Crippen LogP contribution >= 0.6 is 23.2 Å². The van der Waals surface area contributed by atoms with Gasteiger partial charge < -0.3 is 9.67 Å². The molecule has 1 N–H and O–H groups in total. The van der Waals surface area contributed by atoms with E-state index in [4.69, 9.17) is 23.2 Å². The van der Waals surface area contributed by atoms with Crippen LogP contribution in [0.1, 0.15) is 29.4 Å². The van der Waals surface area contributed by atoms with E-state index in [2.05, 4.69) is 0 Å². The molecule has 1 aliphatic rings. The van der Waals surface area contributed by atoms with Gasteiger partial charge in [-0.2, -0.15) is 0 Å². The second-order valence-corrected chi connectivity index (χ2v) is 5.54. The fourth-order valence-corrected chi connectivity index (χ4v) is 2.81. The zero-order chi connectivity index (χ0) is 13.6. The zero-order valence-electron chi connectivity index (χ0n) is 9.94. The van der Waals surface area contributed by atoms with E-state index in [1.54, 1.807) is 24.3 Å². The van der Waals surface area contributed by atoms with Crippen LogP contribution in [0.4, 0.5) is 0 Å². The monoisotopic (exact) mass is 295 g/mol. The molecule has 3 nitrogen and oxygen atoms in total. The predicted molar refractivity (Wildman–Crippen MR) is 75.1 cm³/mol. The number of halogens is 2. The number of hydrogen-bond donors (Lipinski definition) is 1. The summed E-state index contributed by atoms with van der Waals surface area (Å²) in [6, 6.07) is 8.97. The molecule has 0 radical (unpaired) electrons. The van der Waals surface area contributed by atoms with Crippen molar-refractivity contribution in [3.63, 3.8) is 0 Å². The number of rotatable bonds is 3.